The van der Waals surface area contributed by atoms with Crippen molar-refractivity contribution in [2.24, 2.45) is 0 Å². The highest BCUT2D eigenvalue weighted by Crippen LogP contribution is 2.48. The molecule has 1 aliphatic carbocycles. The lowest BCUT2D eigenvalue weighted by Crippen LogP contribution is -2.36. The summed E-state index contributed by atoms with van der Waals surface area (Å²) in [6.45, 7) is 1.51. The zero-order chi connectivity index (χ0) is 13.1. The van der Waals surface area contributed by atoms with Gasteiger partial charge in [0.2, 0.25) is 5.91 Å². The fourth-order valence-electron chi connectivity index (χ4n) is 2.52. The van der Waals surface area contributed by atoms with Crippen LogP contribution in [0, 0.1) is 0 Å². The molecule has 1 aromatic carbocycles. The lowest BCUT2D eigenvalue weighted by Gasteiger charge is -2.15. The van der Waals surface area contributed by atoms with Gasteiger partial charge in [0.25, 0.3) is 0 Å². The highest BCUT2D eigenvalue weighted by Gasteiger charge is 2.50. The van der Waals surface area contributed by atoms with Gasteiger partial charge in [0.05, 0.1) is 5.41 Å². The van der Waals surface area contributed by atoms with E-state index in [1.165, 1.54) is 0 Å². The predicted octanol–water partition coefficient (Wildman–Crippen LogP) is 2.34. The van der Waals surface area contributed by atoms with Crippen molar-refractivity contribution in [2.75, 3.05) is 6.54 Å². The molecule has 98 valence electrons. The van der Waals surface area contributed by atoms with Crippen LogP contribution in [0.1, 0.15) is 18.4 Å². The van der Waals surface area contributed by atoms with Crippen LogP contribution in [-0.2, 0) is 16.8 Å². The summed E-state index contributed by atoms with van der Waals surface area (Å²) < 4.78 is 2.07. The van der Waals surface area contributed by atoms with Crippen LogP contribution < -0.4 is 5.32 Å². The number of hydrogen-bond donors (Lipinski definition) is 1. The van der Waals surface area contributed by atoms with Crippen molar-refractivity contribution >= 4 is 5.91 Å². The highest BCUT2D eigenvalue weighted by atomic mass is 16.2. The lowest BCUT2D eigenvalue weighted by atomic mass is 9.95. The summed E-state index contributed by atoms with van der Waals surface area (Å²) in [6, 6.07) is 14.1. The summed E-state index contributed by atoms with van der Waals surface area (Å²) in [4.78, 5) is 12.3. The van der Waals surface area contributed by atoms with Crippen LogP contribution in [0.3, 0.4) is 0 Å². The van der Waals surface area contributed by atoms with E-state index in [4.69, 9.17) is 0 Å². The highest BCUT2D eigenvalue weighted by molar-refractivity contribution is 5.91. The largest absolute Gasteiger partial charge is 0.354 e. The summed E-state index contributed by atoms with van der Waals surface area (Å²) in [5.41, 5.74) is 0.895. The Morgan fingerprint density at radius 2 is 1.79 bits per heavy atom. The molecule has 1 aromatic heterocycles. The summed E-state index contributed by atoms with van der Waals surface area (Å²) >= 11 is 0. The van der Waals surface area contributed by atoms with E-state index in [0.29, 0.717) is 6.54 Å². The SMILES string of the molecule is O=C(NCCn1cccc1)C1(c2ccccc2)CC1. The zero-order valence-corrected chi connectivity index (χ0v) is 10.9. The Morgan fingerprint density at radius 1 is 1.11 bits per heavy atom. The number of nitrogens with one attached hydrogen (secondary N) is 1. The molecule has 1 amide bonds. The molecule has 1 N–H and O–H groups in total. The molecule has 0 saturated heterocycles. The van der Waals surface area contributed by atoms with Crippen LogP contribution >= 0.6 is 0 Å². The van der Waals surface area contributed by atoms with Crippen LogP contribution in [-0.4, -0.2) is 17.0 Å². The standard InChI is InChI=1S/C16H18N2O/c19-15(17-10-13-18-11-4-5-12-18)16(8-9-16)14-6-2-1-3-7-14/h1-7,11-12H,8-10,13H2,(H,17,19). The molecule has 1 heterocycles. The number of benzene rings is 1. The minimum absolute atomic E-state index is 0.172. The Hall–Kier alpha value is -2.03. The van der Waals surface area contributed by atoms with Gasteiger partial charge in [-0.05, 0) is 30.5 Å². The van der Waals surface area contributed by atoms with E-state index in [1.54, 1.807) is 0 Å². The van der Waals surface area contributed by atoms with Crippen LogP contribution in [0.25, 0.3) is 0 Å². The van der Waals surface area contributed by atoms with Gasteiger partial charge in [-0.25, -0.2) is 0 Å². The van der Waals surface area contributed by atoms with E-state index in [9.17, 15) is 4.79 Å². The van der Waals surface area contributed by atoms with Crippen LogP contribution in [0.15, 0.2) is 54.9 Å². The molecular weight excluding hydrogens is 236 g/mol. The van der Waals surface area contributed by atoms with Crippen molar-refractivity contribution in [3.63, 3.8) is 0 Å². The Bertz CT molecular complexity index is 541. The van der Waals surface area contributed by atoms with Crippen LogP contribution in [0.2, 0.25) is 0 Å². The molecule has 2 aromatic rings. The first-order chi connectivity index (χ1) is 9.31. The maximum atomic E-state index is 12.3. The molecule has 0 bridgehead atoms. The number of carbonyl (C=O) groups excluding carboxylic acids is 1. The third-order valence-electron chi connectivity index (χ3n) is 3.83. The second-order valence-electron chi connectivity index (χ2n) is 5.12. The summed E-state index contributed by atoms with van der Waals surface area (Å²) in [5, 5.41) is 3.06. The van der Waals surface area contributed by atoms with Crippen molar-refractivity contribution in [1.29, 1.82) is 0 Å². The normalized spacial score (nSPS) is 16.0. The van der Waals surface area contributed by atoms with Gasteiger partial charge < -0.3 is 9.88 Å². The minimum atomic E-state index is -0.252. The van der Waals surface area contributed by atoms with Gasteiger partial charge in [-0.15, -0.1) is 0 Å². The van der Waals surface area contributed by atoms with Gasteiger partial charge in [0.15, 0.2) is 0 Å². The average molecular weight is 254 g/mol. The molecular formula is C16H18N2O. The maximum absolute atomic E-state index is 12.3. The van der Waals surface area contributed by atoms with E-state index in [-0.39, 0.29) is 11.3 Å². The molecule has 0 aliphatic heterocycles. The number of hydrogen-bond acceptors (Lipinski definition) is 1. The summed E-state index contributed by atoms with van der Waals surface area (Å²) in [5.74, 6) is 0.172. The smallest absolute Gasteiger partial charge is 0.230 e. The number of rotatable bonds is 5. The molecule has 19 heavy (non-hydrogen) atoms. The van der Waals surface area contributed by atoms with Crippen LogP contribution in [0.5, 0.6) is 0 Å². The summed E-state index contributed by atoms with van der Waals surface area (Å²) in [7, 11) is 0. The van der Waals surface area contributed by atoms with E-state index in [2.05, 4.69) is 22.0 Å². The van der Waals surface area contributed by atoms with E-state index in [0.717, 1.165) is 24.9 Å². The Kier molecular flexibility index (Phi) is 3.11. The molecule has 1 fully saturated rings. The lowest BCUT2D eigenvalue weighted by molar-refractivity contribution is -0.123. The Morgan fingerprint density at radius 3 is 2.42 bits per heavy atom. The van der Waals surface area contributed by atoms with E-state index in [1.807, 2.05) is 42.7 Å². The van der Waals surface area contributed by atoms with Gasteiger partial charge in [0, 0.05) is 25.5 Å². The summed E-state index contributed by atoms with van der Waals surface area (Å²) in [6.07, 6.45) is 5.95. The average Bonchev–Trinajstić information content (AvgIpc) is 3.11. The fourth-order valence-corrected chi connectivity index (χ4v) is 2.52. The van der Waals surface area contributed by atoms with Crippen LogP contribution in [0.4, 0.5) is 0 Å². The third-order valence-corrected chi connectivity index (χ3v) is 3.83. The number of carbonyl (C=O) groups is 1. The first-order valence-corrected chi connectivity index (χ1v) is 6.76. The topological polar surface area (TPSA) is 34.0 Å². The third kappa shape index (κ3) is 2.41. The van der Waals surface area contributed by atoms with Gasteiger partial charge in [0.1, 0.15) is 0 Å². The number of amides is 1. The second-order valence-corrected chi connectivity index (χ2v) is 5.12. The van der Waals surface area contributed by atoms with Crippen molar-refractivity contribution < 1.29 is 4.79 Å². The molecule has 0 spiro atoms. The van der Waals surface area contributed by atoms with E-state index >= 15 is 0 Å². The quantitative estimate of drug-likeness (QED) is 0.873. The predicted molar refractivity (Wildman–Crippen MR) is 74.8 cm³/mol. The van der Waals surface area contributed by atoms with Gasteiger partial charge in [-0.2, -0.15) is 0 Å². The molecule has 3 rings (SSSR count). The first kappa shape index (κ1) is 12.0. The molecule has 3 nitrogen and oxygen atoms in total. The van der Waals surface area contributed by atoms with Gasteiger partial charge >= 0.3 is 0 Å². The van der Waals surface area contributed by atoms with Crippen molar-refractivity contribution in [2.45, 2.75) is 24.8 Å². The monoisotopic (exact) mass is 254 g/mol. The minimum Gasteiger partial charge on any atom is -0.354 e. The maximum Gasteiger partial charge on any atom is 0.230 e. The van der Waals surface area contributed by atoms with Crippen molar-refractivity contribution in [3.8, 4) is 0 Å². The Balaban J connectivity index is 1.59. The zero-order valence-electron chi connectivity index (χ0n) is 10.9. The molecule has 3 heteroatoms. The molecule has 1 saturated carbocycles. The molecule has 0 radical (unpaired) electrons. The fraction of sp³-hybridized carbons (Fsp3) is 0.312. The van der Waals surface area contributed by atoms with E-state index < -0.39 is 0 Å². The van der Waals surface area contributed by atoms with Gasteiger partial charge in [-0.1, -0.05) is 30.3 Å². The number of aromatic nitrogens is 1. The molecule has 0 atom stereocenters. The molecule has 0 unspecified atom stereocenters. The molecule has 1 aliphatic rings. The Labute approximate surface area is 113 Å². The first-order valence-electron chi connectivity index (χ1n) is 6.76. The van der Waals surface area contributed by atoms with Crippen molar-refractivity contribution in [3.05, 3.63) is 60.4 Å². The second kappa shape index (κ2) is 4.92. The van der Waals surface area contributed by atoms with Crippen molar-refractivity contribution in [1.82, 2.24) is 9.88 Å². The number of nitrogens with zero attached hydrogens (tertiary/aromatic N) is 1. The van der Waals surface area contributed by atoms with Gasteiger partial charge in [-0.3, -0.25) is 4.79 Å².